The molecule has 10 heteroatoms. The molecule has 258 valence electrons. The van der Waals surface area contributed by atoms with Crippen molar-refractivity contribution >= 4 is 6.09 Å². The molecule has 0 aliphatic carbocycles. The zero-order valence-corrected chi connectivity index (χ0v) is 29.2. The predicted molar refractivity (Wildman–Crippen MR) is 185 cm³/mol. The summed E-state index contributed by atoms with van der Waals surface area (Å²) in [5, 5.41) is 8.32. The number of rotatable bonds is 4. The Morgan fingerprint density at radius 2 is 1.25 bits per heavy atom. The number of benzene rings is 2. The molecule has 2 saturated heterocycles. The Labute approximate surface area is 282 Å². The molecule has 2 aromatic heterocycles. The van der Waals surface area contributed by atoms with E-state index in [1.54, 1.807) is 11.0 Å². The molecule has 2 unspecified atom stereocenters. The lowest BCUT2D eigenvalue weighted by Gasteiger charge is -2.38. The molecule has 0 radical (unpaired) electrons. The minimum Gasteiger partial charge on any atom is -0.453 e. The fourth-order valence-electron chi connectivity index (χ4n) is 6.72. The quantitative estimate of drug-likeness (QED) is 0.208. The number of amides is 1. The highest BCUT2D eigenvalue weighted by Gasteiger charge is 2.35. The molecule has 1 amide bonds. The normalized spacial score (nSPS) is 21.7. The summed E-state index contributed by atoms with van der Waals surface area (Å²) in [4.78, 5) is 36.7. The first-order chi connectivity index (χ1) is 22.7. The summed E-state index contributed by atoms with van der Waals surface area (Å²) in [5.41, 5.74) is 4.82. The Morgan fingerprint density at radius 1 is 0.750 bits per heavy atom. The Balaban J connectivity index is 0.000000190. The second-order valence-electron chi connectivity index (χ2n) is 15.1. The number of hydrogen-bond acceptors (Lipinski definition) is 7. The molecule has 0 bridgehead atoms. The smallest absolute Gasteiger partial charge is 0.409 e. The molecular formula is C38H50N4O6. The van der Waals surface area contributed by atoms with Gasteiger partial charge in [-0.05, 0) is 65.3 Å². The largest absolute Gasteiger partial charge is 0.453 e. The van der Waals surface area contributed by atoms with E-state index in [-0.39, 0.29) is 40.0 Å². The number of likely N-dealkylation sites (tertiary alicyclic amines) is 1. The molecular weight excluding hydrogens is 608 g/mol. The number of piperidine rings is 2. The van der Waals surface area contributed by atoms with Crippen LogP contribution in [0, 0.1) is 0 Å². The molecule has 4 heterocycles. The van der Waals surface area contributed by atoms with Crippen molar-refractivity contribution in [2.75, 3.05) is 20.2 Å². The second-order valence-corrected chi connectivity index (χ2v) is 15.1. The van der Waals surface area contributed by atoms with E-state index in [4.69, 9.17) is 13.8 Å². The van der Waals surface area contributed by atoms with Crippen LogP contribution < -0.4 is 16.4 Å². The highest BCUT2D eigenvalue weighted by atomic mass is 16.5. The highest BCUT2D eigenvalue weighted by Crippen LogP contribution is 2.40. The first kappa shape index (κ1) is 35.0. The number of carbonyl (C=O) groups is 1. The SMILES string of the molecule is CC(C)(C)c1ccc([C@@H]2C[C@@H](c3cc(=O)[nH]o3)CCN2)cc1.COC(=O)N1CCC(c2cc(=O)[nH]o2)CC1c1ccc(C(C)(C)C)cc1. The summed E-state index contributed by atoms with van der Waals surface area (Å²) in [7, 11) is 1.40. The molecule has 48 heavy (non-hydrogen) atoms. The van der Waals surface area contributed by atoms with Crippen molar-refractivity contribution in [1.82, 2.24) is 20.5 Å². The molecule has 0 saturated carbocycles. The summed E-state index contributed by atoms with van der Waals surface area (Å²) >= 11 is 0. The molecule has 2 aliphatic heterocycles. The average molecular weight is 659 g/mol. The molecule has 2 fully saturated rings. The molecule has 3 N–H and O–H groups in total. The standard InChI is InChI=1S/C20H26N2O4.C18H24N2O2/c1-20(2,3)15-7-5-13(6-8-15)16-11-14(17-12-18(23)21-26-17)9-10-22(16)19(24)25-4;1-18(2,3)14-6-4-12(5-7-14)15-10-13(8-9-19-15)16-11-17(21)20-22-16/h5-8,12,14,16H,9-11H2,1-4H3,(H,21,23);4-7,11,13,15,19H,8-10H2,1-3H3,(H,20,21)/t;13-,15-/m.0/s1. The number of carbonyl (C=O) groups excluding carboxylic acids is 1. The van der Waals surface area contributed by atoms with Gasteiger partial charge >= 0.3 is 6.09 Å². The topological polar surface area (TPSA) is 134 Å². The third-order valence-electron chi connectivity index (χ3n) is 9.65. The fraction of sp³-hybridized carbons (Fsp3) is 0.500. The van der Waals surface area contributed by atoms with E-state index in [0.29, 0.717) is 30.7 Å². The van der Waals surface area contributed by atoms with E-state index in [1.807, 2.05) is 0 Å². The Morgan fingerprint density at radius 3 is 1.71 bits per heavy atom. The third kappa shape index (κ3) is 8.39. The van der Waals surface area contributed by atoms with E-state index in [1.165, 1.54) is 29.9 Å². The molecule has 6 rings (SSSR count). The second kappa shape index (κ2) is 14.4. The Bertz CT molecular complexity index is 1750. The Kier molecular flexibility index (Phi) is 10.5. The van der Waals surface area contributed by atoms with Crippen LogP contribution in [-0.4, -0.2) is 41.5 Å². The average Bonchev–Trinajstić information content (AvgIpc) is 3.72. The monoisotopic (exact) mass is 658 g/mol. The highest BCUT2D eigenvalue weighted by molar-refractivity contribution is 5.68. The summed E-state index contributed by atoms with van der Waals surface area (Å²) in [6.45, 7) is 14.7. The van der Waals surface area contributed by atoms with E-state index < -0.39 is 0 Å². The summed E-state index contributed by atoms with van der Waals surface area (Å²) in [6, 6.07) is 20.5. The van der Waals surface area contributed by atoms with E-state index in [9.17, 15) is 14.4 Å². The van der Waals surface area contributed by atoms with Gasteiger partial charge in [-0.15, -0.1) is 0 Å². The maximum absolute atomic E-state index is 12.2. The van der Waals surface area contributed by atoms with Crippen molar-refractivity contribution in [2.45, 2.75) is 102 Å². The van der Waals surface area contributed by atoms with Gasteiger partial charge in [-0.3, -0.25) is 9.59 Å². The van der Waals surface area contributed by atoms with Crippen molar-refractivity contribution in [3.05, 3.63) is 115 Å². The van der Waals surface area contributed by atoms with Crippen LogP contribution in [0.4, 0.5) is 4.79 Å². The maximum atomic E-state index is 12.2. The first-order valence-corrected chi connectivity index (χ1v) is 16.9. The molecule has 0 spiro atoms. The van der Waals surface area contributed by atoms with Crippen molar-refractivity contribution < 1.29 is 18.6 Å². The van der Waals surface area contributed by atoms with Crippen molar-refractivity contribution in [1.29, 1.82) is 0 Å². The van der Waals surface area contributed by atoms with Crippen LogP contribution in [0.1, 0.15) is 125 Å². The van der Waals surface area contributed by atoms with Crippen LogP contribution in [0.3, 0.4) is 0 Å². The summed E-state index contributed by atoms with van der Waals surface area (Å²) in [6.07, 6.45) is 3.04. The van der Waals surface area contributed by atoms with Crippen LogP contribution in [0.15, 0.2) is 79.3 Å². The van der Waals surface area contributed by atoms with E-state index in [0.717, 1.165) is 37.1 Å². The van der Waals surface area contributed by atoms with Crippen LogP contribution >= 0.6 is 0 Å². The number of aromatic amines is 2. The van der Waals surface area contributed by atoms with Gasteiger partial charge in [-0.2, -0.15) is 10.3 Å². The predicted octanol–water partition coefficient (Wildman–Crippen LogP) is 7.43. The zero-order chi connectivity index (χ0) is 34.6. The zero-order valence-electron chi connectivity index (χ0n) is 29.2. The van der Waals surface area contributed by atoms with Gasteiger partial charge < -0.3 is 24.0 Å². The van der Waals surface area contributed by atoms with Crippen LogP contribution in [-0.2, 0) is 15.6 Å². The number of methoxy groups -OCH3 is 1. The lowest BCUT2D eigenvalue weighted by molar-refractivity contribution is 0.0815. The van der Waals surface area contributed by atoms with Gasteiger partial charge in [0.1, 0.15) is 11.5 Å². The Hall–Kier alpha value is -4.31. The molecule has 2 aliphatic rings. The van der Waals surface area contributed by atoms with E-state index in [2.05, 4.69) is 106 Å². The molecule has 4 aromatic rings. The van der Waals surface area contributed by atoms with Crippen LogP contribution in [0.2, 0.25) is 0 Å². The van der Waals surface area contributed by atoms with Crippen LogP contribution in [0.25, 0.3) is 0 Å². The van der Waals surface area contributed by atoms with Gasteiger partial charge in [0.15, 0.2) is 0 Å². The van der Waals surface area contributed by atoms with Gasteiger partial charge in [0.05, 0.1) is 13.2 Å². The first-order valence-electron chi connectivity index (χ1n) is 16.9. The minimum absolute atomic E-state index is 0.0736. The van der Waals surface area contributed by atoms with Crippen molar-refractivity contribution in [3.63, 3.8) is 0 Å². The number of aromatic nitrogens is 2. The van der Waals surface area contributed by atoms with Gasteiger partial charge in [0.2, 0.25) is 0 Å². The van der Waals surface area contributed by atoms with E-state index >= 15 is 0 Å². The van der Waals surface area contributed by atoms with Crippen molar-refractivity contribution in [2.24, 2.45) is 0 Å². The fourth-order valence-corrected chi connectivity index (χ4v) is 6.72. The minimum atomic E-state index is -0.330. The number of nitrogens with zero attached hydrogens (tertiary/aromatic N) is 1. The molecule has 10 nitrogen and oxygen atoms in total. The maximum Gasteiger partial charge on any atom is 0.409 e. The number of ether oxygens (including phenoxy) is 1. The number of hydrogen-bond donors (Lipinski definition) is 3. The van der Waals surface area contributed by atoms with Gasteiger partial charge in [-0.25, -0.2) is 4.79 Å². The van der Waals surface area contributed by atoms with Gasteiger partial charge in [0, 0.05) is 36.6 Å². The third-order valence-corrected chi connectivity index (χ3v) is 9.65. The lowest BCUT2D eigenvalue weighted by Crippen LogP contribution is -2.40. The number of nitrogens with one attached hydrogen (secondary N) is 3. The van der Waals surface area contributed by atoms with Crippen molar-refractivity contribution in [3.8, 4) is 0 Å². The van der Waals surface area contributed by atoms with Gasteiger partial charge in [0.25, 0.3) is 11.1 Å². The molecule has 2 aromatic carbocycles. The number of H-pyrrole nitrogens is 2. The summed E-state index contributed by atoms with van der Waals surface area (Å²) < 4.78 is 15.6. The lowest BCUT2D eigenvalue weighted by atomic mass is 9.83. The molecule has 4 atom stereocenters. The van der Waals surface area contributed by atoms with Gasteiger partial charge in [-0.1, -0.05) is 90.1 Å². The summed E-state index contributed by atoms with van der Waals surface area (Å²) in [5.74, 6) is 1.81. The van der Waals surface area contributed by atoms with Crippen LogP contribution in [0.5, 0.6) is 0 Å².